The second-order valence-electron chi connectivity index (χ2n) is 4.81. The Morgan fingerprint density at radius 2 is 1.71 bits per heavy atom. The molecule has 3 rings (SSSR count). The number of aliphatic hydroxyl groups is 1. The third-order valence-corrected chi connectivity index (χ3v) is 3.72. The summed E-state index contributed by atoms with van der Waals surface area (Å²) in [5.41, 5.74) is 3.34. The number of rotatable bonds is 3. The molecule has 0 aliphatic carbocycles. The first-order valence-electron chi connectivity index (χ1n) is 6.70. The zero-order chi connectivity index (χ0) is 14.8. The lowest BCUT2D eigenvalue weighted by atomic mass is 10.1. The van der Waals surface area contributed by atoms with Crippen LogP contribution in [0.3, 0.4) is 0 Å². The Hall–Kier alpha value is -2.10. The van der Waals surface area contributed by atoms with E-state index in [9.17, 15) is 9.90 Å². The van der Waals surface area contributed by atoms with Gasteiger partial charge in [0.15, 0.2) is 0 Å². The summed E-state index contributed by atoms with van der Waals surface area (Å²) in [4.78, 5) is 14.0. The van der Waals surface area contributed by atoms with Crippen LogP contribution < -0.4 is 0 Å². The molecule has 0 unspecified atom stereocenters. The van der Waals surface area contributed by atoms with Crippen molar-refractivity contribution in [2.24, 2.45) is 0 Å². The van der Waals surface area contributed by atoms with Crippen molar-refractivity contribution in [1.82, 2.24) is 4.90 Å². The summed E-state index contributed by atoms with van der Waals surface area (Å²) in [6.07, 6.45) is 1.94. The van der Waals surface area contributed by atoms with E-state index in [4.69, 9.17) is 11.6 Å². The molecule has 0 fully saturated rings. The molecular formula is C17H14ClNO2. The van der Waals surface area contributed by atoms with Gasteiger partial charge in [-0.3, -0.25) is 4.79 Å². The second kappa shape index (κ2) is 5.72. The second-order valence-corrected chi connectivity index (χ2v) is 5.24. The monoisotopic (exact) mass is 299 g/mol. The number of β-amino-alcohol motifs (C(OH)–C–C–N with tert-alkyl or cyclic N) is 1. The Kier molecular flexibility index (Phi) is 3.78. The predicted molar refractivity (Wildman–Crippen MR) is 83.9 cm³/mol. The average Bonchev–Trinajstić information content (AvgIpc) is 2.76. The fraction of sp³-hybridized carbons (Fsp3) is 0.118. The molecule has 0 radical (unpaired) electrons. The van der Waals surface area contributed by atoms with Crippen LogP contribution in [0, 0.1) is 0 Å². The van der Waals surface area contributed by atoms with Gasteiger partial charge in [-0.25, -0.2) is 0 Å². The van der Waals surface area contributed by atoms with Gasteiger partial charge in [0.05, 0.1) is 12.3 Å². The van der Waals surface area contributed by atoms with Crippen molar-refractivity contribution < 1.29 is 9.90 Å². The van der Waals surface area contributed by atoms with Gasteiger partial charge in [0.25, 0.3) is 5.91 Å². The number of fused-ring (bicyclic) bond motifs is 1. The molecule has 0 bridgehead atoms. The fourth-order valence-electron chi connectivity index (χ4n) is 2.49. The summed E-state index contributed by atoms with van der Waals surface area (Å²) in [6.45, 7) is 0.213. The number of aliphatic hydroxyl groups excluding tert-OH is 1. The third-order valence-electron chi connectivity index (χ3n) is 3.47. The van der Waals surface area contributed by atoms with E-state index >= 15 is 0 Å². The van der Waals surface area contributed by atoms with E-state index in [2.05, 4.69) is 0 Å². The van der Waals surface area contributed by atoms with Crippen molar-refractivity contribution >= 4 is 29.3 Å². The number of carbonyl (C=O) groups is 1. The largest absolute Gasteiger partial charge is 0.395 e. The van der Waals surface area contributed by atoms with Crippen LogP contribution in [0.5, 0.6) is 0 Å². The molecule has 21 heavy (non-hydrogen) atoms. The van der Waals surface area contributed by atoms with Crippen LogP contribution in [0.15, 0.2) is 48.5 Å². The standard InChI is InChI=1S/C17H14ClNO2/c18-13-7-5-12(6-8-13)11-16-14-3-1-2-4-15(14)17(21)19(16)9-10-20/h1-8,11,20H,9-10H2. The molecule has 1 N–H and O–H groups in total. The first kappa shape index (κ1) is 13.9. The minimum Gasteiger partial charge on any atom is -0.395 e. The number of amides is 1. The maximum atomic E-state index is 12.4. The van der Waals surface area contributed by atoms with Gasteiger partial charge in [0.2, 0.25) is 0 Å². The number of halogens is 1. The van der Waals surface area contributed by atoms with E-state index in [1.807, 2.05) is 54.6 Å². The first-order chi connectivity index (χ1) is 10.2. The number of hydrogen-bond donors (Lipinski definition) is 1. The lowest BCUT2D eigenvalue weighted by molar-refractivity contribution is 0.0829. The maximum Gasteiger partial charge on any atom is 0.259 e. The van der Waals surface area contributed by atoms with Crippen LogP contribution in [-0.2, 0) is 0 Å². The lowest BCUT2D eigenvalue weighted by Crippen LogP contribution is -2.26. The topological polar surface area (TPSA) is 40.5 Å². The summed E-state index contributed by atoms with van der Waals surface area (Å²) < 4.78 is 0. The van der Waals surface area contributed by atoms with Gasteiger partial charge in [-0.05, 0) is 29.8 Å². The van der Waals surface area contributed by atoms with E-state index in [-0.39, 0.29) is 19.1 Å². The van der Waals surface area contributed by atoms with Gasteiger partial charge in [0.1, 0.15) is 0 Å². The average molecular weight is 300 g/mol. The van der Waals surface area contributed by atoms with Crippen molar-refractivity contribution in [1.29, 1.82) is 0 Å². The van der Waals surface area contributed by atoms with Crippen molar-refractivity contribution in [3.8, 4) is 0 Å². The molecule has 1 amide bonds. The van der Waals surface area contributed by atoms with Crippen LogP contribution in [0.25, 0.3) is 11.8 Å². The molecule has 0 saturated heterocycles. The predicted octanol–water partition coefficient (Wildman–Crippen LogP) is 3.29. The Labute approximate surface area is 128 Å². The Morgan fingerprint density at radius 1 is 1.05 bits per heavy atom. The molecule has 4 heteroatoms. The van der Waals surface area contributed by atoms with Crippen molar-refractivity contribution in [3.05, 3.63) is 70.2 Å². The number of carbonyl (C=O) groups excluding carboxylic acids is 1. The molecule has 1 heterocycles. The van der Waals surface area contributed by atoms with E-state index in [1.165, 1.54) is 0 Å². The summed E-state index contributed by atoms with van der Waals surface area (Å²) in [5, 5.41) is 9.88. The molecule has 2 aromatic carbocycles. The van der Waals surface area contributed by atoms with Gasteiger partial charge in [-0.2, -0.15) is 0 Å². The lowest BCUT2D eigenvalue weighted by Gasteiger charge is -2.17. The highest BCUT2D eigenvalue weighted by atomic mass is 35.5. The molecule has 3 nitrogen and oxygen atoms in total. The Bertz CT molecular complexity index is 707. The molecule has 1 aliphatic heterocycles. The van der Waals surface area contributed by atoms with E-state index in [1.54, 1.807) is 4.90 Å². The smallest absolute Gasteiger partial charge is 0.259 e. The minimum absolute atomic E-state index is 0.0696. The number of benzene rings is 2. The molecule has 106 valence electrons. The van der Waals surface area contributed by atoms with Crippen LogP contribution in [0.1, 0.15) is 21.5 Å². The van der Waals surface area contributed by atoms with Crippen LogP contribution in [-0.4, -0.2) is 29.1 Å². The minimum atomic E-state index is -0.0717. The highest BCUT2D eigenvalue weighted by Gasteiger charge is 2.31. The molecule has 1 aliphatic rings. The normalized spacial score (nSPS) is 15.6. The fourth-order valence-corrected chi connectivity index (χ4v) is 2.61. The SMILES string of the molecule is O=C1c2ccccc2C(=Cc2ccc(Cl)cc2)N1CCO. The van der Waals surface area contributed by atoms with Crippen LogP contribution in [0.2, 0.25) is 5.02 Å². The Balaban J connectivity index is 2.09. The molecule has 0 aromatic heterocycles. The summed E-state index contributed by atoms with van der Waals surface area (Å²) in [5.74, 6) is -0.0696. The maximum absolute atomic E-state index is 12.4. The number of hydrogen-bond acceptors (Lipinski definition) is 2. The van der Waals surface area contributed by atoms with Gasteiger partial charge < -0.3 is 10.0 Å². The first-order valence-corrected chi connectivity index (χ1v) is 7.08. The van der Waals surface area contributed by atoms with Crippen molar-refractivity contribution in [2.75, 3.05) is 13.2 Å². The van der Waals surface area contributed by atoms with Gasteiger partial charge >= 0.3 is 0 Å². The Morgan fingerprint density at radius 3 is 2.38 bits per heavy atom. The van der Waals surface area contributed by atoms with Gasteiger partial charge in [-0.1, -0.05) is 41.9 Å². The molecule has 2 aromatic rings. The number of nitrogens with zero attached hydrogens (tertiary/aromatic N) is 1. The zero-order valence-electron chi connectivity index (χ0n) is 11.3. The van der Waals surface area contributed by atoms with E-state index in [0.717, 1.165) is 16.8 Å². The highest BCUT2D eigenvalue weighted by molar-refractivity contribution is 6.30. The molecule has 0 saturated carbocycles. The van der Waals surface area contributed by atoms with E-state index < -0.39 is 0 Å². The van der Waals surface area contributed by atoms with Gasteiger partial charge in [-0.15, -0.1) is 0 Å². The van der Waals surface area contributed by atoms with Crippen LogP contribution >= 0.6 is 11.6 Å². The van der Waals surface area contributed by atoms with Gasteiger partial charge in [0, 0.05) is 22.7 Å². The quantitative estimate of drug-likeness (QED) is 0.945. The summed E-state index contributed by atoms with van der Waals surface area (Å²) >= 11 is 5.89. The summed E-state index contributed by atoms with van der Waals surface area (Å²) in [7, 11) is 0. The van der Waals surface area contributed by atoms with Crippen LogP contribution in [0.4, 0.5) is 0 Å². The van der Waals surface area contributed by atoms with Crippen molar-refractivity contribution in [3.63, 3.8) is 0 Å². The third kappa shape index (κ3) is 2.58. The van der Waals surface area contributed by atoms with E-state index in [0.29, 0.717) is 10.6 Å². The molecule has 0 atom stereocenters. The molecule has 0 spiro atoms. The highest BCUT2D eigenvalue weighted by Crippen LogP contribution is 2.33. The zero-order valence-corrected chi connectivity index (χ0v) is 12.0. The van der Waals surface area contributed by atoms with Crippen molar-refractivity contribution in [2.45, 2.75) is 0 Å². The summed E-state index contributed by atoms with van der Waals surface area (Å²) in [6, 6.07) is 14.9. The molecular weight excluding hydrogens is 286 g/mol.